The Morgan fingerprint density at radius 3 is 2.67 bits per heavy atom. The summed E-state index contributed by atoms with van der Waals surface area (Å²) in [5.74, 6) is 0.441. The number of aryl methyl sites for hydroxylation is 1. The molecule has 3 aromatic rings. The van der Waals surface area contributed by atoms with Crippen molar-refractivity contribution in [2.75, 3.05) is 23.4 Å². The second-order valence-electron chi connectivity index (χ2n) is 7.13. The molecule has 0 spiro atoms. The molecule has 3 heterocycles. The first kappa shape index (κ1) is 20.0. The van der Waals surface area contributed by atoms with E-state index in [2.05, 4.69) is 25.9 Å². The first-order valence-corrected chi connectivity index (χ1v) is 11.2. The lowest BCUT2D eigenvalue weighted by Crippen LogP contribution is -2.21. The summed E-state index contributed by atoms with van der Waals surface area (Å²) in [7, 11) is -3.02. The quantitative estimate of drug-likeness (QED) is 0.607. The van der Waals surface area contributed by atoms with Crippen LogP contribution in [0.15, 0.2) is 30.6 Å². The van der Waals surface area contributed by atoms with Gasteiger partial charge in [-0.2, -0.15) is 5.10 Å². The summed E-state index contributed by atoms with van der Waals surface area (Å²) < 4.78 is 32.3. The molecular weight excluding hydrogens is 410 g/mol. The summed E-state index contributed by atoms with van der Waals surface area (Å²) in [6.07, 6.45) is 2.01. The Balaban J connectivity index is 1.37. The van der Waals surface area contributed by atoms with Crippen LogP contribution >= 0.6 is 0 Å². The number of rotatable bonds is 6. The molecule has 0 aliphatic carbocycles. The van der Waals surface area contributed by atoms with Gasteiger partial charge >= 0.3 is 0 Å². The van der Waals surface area contributed by atoms with E-state index in [9.17, 15) is 13.2 Å². The molecule has 0 bridgehead atoms. The molecule has 1 unspecified atom stereocenters. The molecule has 2 aromatic heterocycles. The van der Waals surface area contributed by atoms with Crippen molar-refractivity contribution in [2.24, 2.45) is 0 Å². The van der Waals surface area contributed by atoms with Crippen LogP contribution in [-0.2, 0) is 14.6 Å². The van der Waals surface area contributed by atoms with Crippen molar-refractivity contribution in [3.8, 4) is 11.4 Å². The molecule has 30 heavy (non-hydrogen) atoms. The first-order chi connectivity index (χ1) is 14.3. The van der Waals surface area contributed by atoms with Crippen LogP contribution in [-0.4, -0.2) is 62.4 Å². The van der Waals surface area contributed by atoms with Gasteiger partial charge in [-0.15, -0.1) is 5.10 Å². The van der Waals surface area contributed by atoms with Crippen LogP contribution in [0.4, 0.5) is 5.69 Å². The minimum atomic E-state index is -3.02. The molecule has 1 aromatic carbocycles. The molecule has 1 N–H and O–H groups in total. The first-order valence-electron chi connectivity index (χ1n) is 9.34. The van der Waals surface area contributed by atoms with E-state index in [1.165, 1.54) is 11.0 Å². The van der Waals surface area contributed by atoms with Crippen molar-refractivity contribution in [2.45, 2.75) is 26.3 Å². The van der Waals surface area contributed by atoms with Crippen LogP contribution < -0.4 is 10.1 Å². The van der Waals surface area contributed by atoms with Crippen LogP contribution in [0.1, 0.15) is 23.9 Å². The van der Waals surface area contributed by atoms with Crippen LogP contribution in [0.25, 0.3) is 5.69 Å². The molecule has 1 atom stereocenters. The third-order valence-electron chi connectivity index (χ3n) is 4.96. The minimum Gasteiger partial charge on any atom is -0.484 e. The zero-order valence-electron chi connectivity index (χ0n) is 16.5. The van der Waals surface area contributed by atoms with Crippen molar-refractivity contribution >= 4 is 21.4 Å². The lowest BCUT2D eigenvalue weighted by molar-refractivity contribution is -0.118. The highest BCUT2D eigenvalue weighted by Gasteiger charge is 2.31. The normalized spacial score (nSPS) is 17.7. The van der Waals surface area contributed by atoms with Gasteiger partial charge in [-0.3, -0.25) is 9.48 Å². The van der Waals surface area contributed by atoms with Gasteiger partial charge in [0.15, 0.2) is 16.4 Å². The smallest absolute Gasteiger partial charge is 0.262 e. The predicted octanol–water partition coefficient (Wildman–Crippen LogP) is 0.853. The summed E-state index contributed by atoms with van der Waals surface area (Å²) in [5, 5.41) is 18.2. The maximum atomic E-state index is 12.4. The Kier molecular flexibility index (Phi) is 5.24. The Morgan fingerprint density at radius 1 is 1.27 bits per heavy atom. The van der Waals surface area contributed by atoms with E-state index in [1.54, 1.807) is 35.9 Å². The van der Waals surface area contributed by atoms with Crippen LogP contribution in [0, 0.1) is 13.8 Å². The molecule has 0 saturated carbocycles. The van der Waals surface area contributed by atoms with Gasteiger partial charge in [-0.1, -0.05) is 0 Å². The summed E-state index contributed by atoms with van der Waals surface area (Å²) in [4.78, 5) is 12.4. The second-order valence-corrected chi connectivity index (χ2v) is 9.36. The van der Waals surface area contributed by atoms with Gasteiger partial charge in [0.1, 0.15) is 12.1 Å². The molecule has 1 fully saturated rings. The number of amides is 1. The van der Waals surface area contributed by atoms with Crippen molar-refractivity contribution < 1.29 is 17.9 Å². The Bertz CT molecular complexity index is 1150. The number of tetrazole rings is 1. The van der Waals surface area contributed by atoms with E-state index in [4.69, 9.17) is 4.74 Å². The largest absolute Gasteiger partial charge is 0.484 e. The molecular formula is C18H21N7O4S. The number of benzene rings is 1. The molecule has 1 aliphatic rings. The van der Waals surface area contributed by atoms with Crippen molar-refractivity contribution in [3.05, 3.63) is 42.0 Å². The van der Waals surface area contributed by atoms with Gasteiger partial charge in [0.2, 0.25) is 0 Å². The number of nitrogens with one attached hydrogen (secondary N) is 1. The molecule has 1 amide bonds. The fraction of sp³-hybridized carbons (Fsp3) is 0.389. The van der Waals surface area contributed by atoms with Crippen LogP contribution in [0.3, 0.4) is 0 Å². The number of anilines is 1. The SMILES string of the molecule is Cc1nn(C2CCS(=O)(=O)C2)c(C)c1NC(=O)COc1ccc(-n2cnnn2)cc1. The van der Waals surface area contributed by atoms with Crippen LogP contribution in [0.2, 0.25) is 0 Å². The Labute approximate surface area is 173 Å². The number of sulfone groups is 1. The lowest BCUT2D eigenvalue weighted by atomic mass is 10.2. The molecule has 12 heteroatoms. The number of hydrogen-bond acceptors (Lipinski definition) is 8. The molecule has 158 valence electrons. The van der Waals surface area contributed by atoms with E-state index in [0.29, 0.717) is 23.6 Å². The number of ether oxygens (including phenoxy) is 1. The number of carbonyl (C=O) groups is 1. The average Bonchev–Trinajstić information content (AvgIpc) is 3.43. The highest BCUT2D eigenvalue weighted by Crippen LogP contribution is 2.29. The highest BCUT2D eigenvalue weighted by molar-refractivity contribution is 7.91. The molecule has 0 radical (unpaired) electrons. The minimum absolute atomic E-state index is 0.0755. The standard InChI is InChI=1S/C18H21N7O4S/c1-12-18(13(2)25(21-12)15-7-8-30(27,28)10-15)20-17(26)9-29-16-5-3-14(4-6-16)24-11-19-22-23-24/h3-6,11,15H,7-10H2,1-2H3,(H,20,26). The zero-order valence-corrected chi connectivity index (χ0v) is 17.3. The lowest BCUT2D eigenvalue weighted by Gasteiger charge is -2.12. The Morgan fingerprint density at radius 2 is 2.03 bits per heavy atom. The number of nitrogens with zero attached hydrogens (tertiary/aromatic N) is 6. The third kappa shape index (κ3) is 4.17. The van der Waals surface area contributed by atoms with Gasteiger partial charge in [0.05, 0.1) is 40.3 Å². The number of aromatic nitrogens is 6. The summed E-state index contributed by atoms with van der Waals surface area (Å²) in [5.41, 5.74) is 2.72. The predicted molar refractivity (Wildman–Crippen MR) is 107 cm³/mol. The summed E-state index contributed by atoms with van der Waals surface area (Å²) in [6.45, 7) is 3.42. The van der Waals surface area contributed by atoms with E-state index in [0.717, 1.165) is 11.4 Å². The molecule has 1 aliphatic heterocycles. The average molecular weight is 431 g/mol. The fourth-order valence-corrected chi connectivity index (χ4v) is 5.16. The van der Waals surface area contributed by atoms with E-state index in [-0.39, 0.29) is 30.1 Å². The van der Waals surface area contributed by atoms with Crippen molar-refractivity contribution in [3.63, 3.8) is 0 Å². The highest BCUT2D eigenvalue weighted by atomic mass is 32.2. The van der Waals surface area contributed by atoms with Gasteiger partial charge < -0.3 is 10.1 Å². The fourth-order valence-electron chi connectivity index (χ4n) is 3.47. The molecule has 1 saturated heterocycles. The Hall–Kier alpha value is -3.28. The third-order valence-corrected chi connectivity index (χ3v) is 6.71. The second kappa shape index (κ2) is 7.86. The number of hydrogen-bond donors (Lipinski definition) is 1. The van der Waals surface area contributed by atoms with E-state index < -0.39 is 9.84 Å². The van der Waals surface area contributed by atoms with Gasteiger partial charge in [-0.25, -0.2) is 13.1 Å². The monoisotopic (exact) mass is 431 g/mol. The number of carbonyl (C=O) groups excluding carboxylic acids is 1. The summed E-state index contributed by atoms with van der Waals surface area (Å²) >= 11 is 0. The maximum Gasteiger partial charge on any atom is 0.262 e. The van der Waals surface area contributed by atoms with Gasteiger partial charge in [0.25, 0.3) is 5.91 Å². The molecule has 4 rings (SSSR count). The van der Waals surface area contributed by atoms with Crippen molar-refractivity contribution in [1.82, 2.24) is 30.0 Å². The topological polar surface area (TPSA) is 134 Å². The van der Waals surface area contributed by atoms with Gasteiger partial charge in [-0.05, 0) is 55.0 Å². The summed E-state index contributed by atoms with van der Waals surface area (Å²) in [6, 6.07) is 6.79. The van der Waals surface area contributed by atoms with Crippen molar-refractivity contribution in [1.29, 1.82) is 0 Å². The zero-order chi connectivity index (χ0) is 21.3. The van der Waals surface area contributed by atoms with E-state index in [1.807, 2.05) is 6.92 Å². The van der Waals surface area contributed by atoms with Gasteiger partial charge in [0, 0.05) is 0 Å². The van der Waals surface area contributed by atoms with Crippen LogP contribution in [0.5, 0.6) is 5.75 Å². The maximum absolute atomic E-state index is 12.4. The molecule has 11 nitrogen and oxygen atoms in total. The van der Waals surface area contributed by atoms with E-state index >= 15 is 0 Å².